The first-order chi connectivity index (χ1) is 8.54. The second-order valence-electron chi connectivity index (χ2n) is 4.23. The van der Waals surface area contributed by atoms with E-state index in [2.05, 4.69) is 13.5 Å². The van der Waals surface area contributed by atoms with Crippen molar-refractivity contribution in [2.45, 2.75) is 39.9 Å². The minimum Gasteiger partial charge on any atom is -0.455 e. The van der Waals surface area contributed by atoms with Gasteiger partial charge in [0.25, 0.3) is 0 Å². The van der Waals surface area contributed by atoms with Crippen LogP contribution in [0.25, 0.3) is 0 Å². The number of para-hydroxylation sites is 1. The number of benzene rings is 1. The predicted molar refractivity (Wildman–Crippen MR) is 71.4 cm³/mol. The van der Waals surface area contributed by atoms with E-state index in [0.717, 1.165) is 24.2 Å². The Kier molecular flexibility index (Phi) is 5.43. The zero-order valence-electron chi connectivity index (χ0n) is 11.2. The summed E-state index contributed by atoms with van der Waals surface area (Å²) < 4.78 is 10.7. The van der Waals surface area contributed by atoms with Crippen LogP contribution in [-0.2, 0) is 16.0 Å². The van der Waals surface area contributed by atoms with Gasteiger partial charge in [-0.05, 0) is 25.0 Å². The zero-order valence-corrected chi connectivity index (χ0v) is 11.2. The highest BCUT2D eigenvalue weighted by Gasteiger charge is 2.12. The molecule has 0 bridgehead atoms. The molecule has 1 rings (SSSR count). The van der Waals surface area contributed by atoms with Crippen LogP contribution in [0, 0.1) is 0 Å². The molecule has 3 nitrogen and oxygen atoms in total. The lowest BCUT2D eigenvalue weighted by molar-refractivity contribution is -0.156. The van der Waals surface area contributed by atoms with Gasteiger partial charge in [-0.2, -0.15) is 0 Å². The van der Waals surface area contributed by atoms with Crippen molar-refractivity contribution in [2.24, 2.45) is 0 Å². The molecule has 0 aromatic heterocycles. The molecular formula is C15H20O3. The summed E-state index contributed by atoms with van der Waals surface area (Å²) in [4.78, 5) is 11.4. The average Bonchev–Trinajstić information content (AvgIpc) is 2.31. The van der Waals surface area contributed by atoms with Gasteiger partial charge in [0.05, 0.1) is 0 Å². The molecule has 0 amide bonds. The van der Waals surface area contributed by atoms with Gasteiger partial charge in [-0.1, -0.05) is 38.1 Å². The molecule has 0 radical (unpaired) electrons. The molecule has 1 atom stereocenters. The third-order valence-corrected chi connectivity index (χ3v) is 2.41. The average molecular weight is 248 g/mol. The van der Waals surface area contributed by atoms with Crippen LogP contribution in [0.1, 0.15) is 32.8 Å². The zero-order chi connectivity index (χ0) is 13.5. The van der Waals surface area contributed by atoms with Crippen LogP contribution in [0.15, 0.2) is 36.4 Å². The maximum absolute atomic E-state index is 11.4. The predicted octanol–water partition coefficient (Wildman–Crippen LogP) is 3.48. The lowest BCUT2D eigenvalue weighted by Gasteiger charge is -2.17. The number of aryl methyl sites for hydroxylation is 1. The molecule has 18 heavy (non-hydrogen) atoms. The third-order valence-electron chi connectivity index (χ3n) is 2.41. The van der Waals surface area contributed by atoms with E-state index in [1.165, 1.54) is 0 Å². The Morgan fingerprint density at radius 1 is 1.39 bits per heavy atom. The van der Waals surface area contributed by atoms with E-state index in [4.69, 9.17) is 9.47 Å². The van der Waals surface area contributed by atoms with Crippen molar-refractivity contribution < 1.29 is 14.3 Å². The second-order valence-corrected chi connectivity index (χ2v) is 4.23. The molecule has 0 aliphatic rings. The highest BCUT2D eigenvalue weighted by atomic mass is 16.7. The van der Waals surface area contributed by atoms with Gasteiger partial charge in [0.15, 0.2) is 0 Å². The van der Waals surface area contributed by atoms with Crippen molar-refractivity contribution in [3.05, 3.63) is 42.0 Å². The molecule has 0 fully saturated rings. The summed E-state index contributed by atoms with van der Waals surface area (Å²) >= 11 is 0. The van der Waals surface area contributed by atoms with Crippen LogP contribution in [0.3, 0.4) is 0 Å². The first kappa shape index (κ1) is 14.3. The van der Waals surface area contributed by atoms with Crippen molar-refractivity contribution in [1.29, 1.82) is 0 Å². The quantitative estimate of drug-likeness (QED) is 0.439. The largest absolute Gasteiger partial charge is 0.455 e. The highest BCUT2D eigenvalue weighted by molar-refractivity contribution is 5.87. The molecule has 1 aromatic rings. The van der Waals surface area contributed by atoms with E-state index in [-0.39, 0.29) is 0 Å². The smallest absolute Gasteiger partial charge is 0.336 e. The van der Waals surface area contributed by atoms with Crippen molar-refractivity contribution >= 4 is 5.97 Å². The van der Waals surface area contributed by atoms with E-state index in [0.29, 0.717) is 5.57 Å². The van der Waals surface area contributed by atoms with Crippen LogP contribution in [0.5, 0.6) is 5.75 Å². The summed E-state index contributed by atoms with van der Waals surface area (Å²) in [5.74, 6) is 0.330. The second kappa shape index (κ2) is 6.84. The Morgan fingerprint density at radius 3 is 2.67 bits per heavy atom. The minimum atomic E-state index is -0.618. The molecule has 3 heteroatoms. The first-order valence-electron chi connectivity index (χ1n) is 6.15. The van der Waals surface area contributed by atoms with Crippen LogP contribution in [-0.4, -0.2) is 12.3 Å². The molecule has 98 valence electrons. The van der Waals surface area contributed by atoms with Gasteiger partial charge in [0.1, 0.15) is 5.75 Å². The van der Waals surface area contributed by atoms with Crippen LogP contribution >= 0.6 is 0 Å². The van der Waals surface area contributed by atoms with E-state index >= 15 is 0 Å². The molecule has 0 spiro atoms. The van der Waals surface area contributed by atoms with Crippen molar-refractivity contribution in [3.8, 4) is 5.75 Å². The molecular weight excluding hydrogens is 228 g/mol. The summed E-state index contributed by atoms with van der Waals surface area (Å²) in [7, 11) is 0. The van der Waals surface area contributed by atoms with Crippen molar-refractivity contribution in [2.75, 3.05) is 0 Å². The summed E-state index contributed by atoms with van der Waals surface area (Å²) in [6.45, 7) is 8.95. The van der Waals surface area contributed by atoms with E-state index in [1.54, 1.807) is 13.8 Å². The molecule has 0 N–H and O–H groups in total. The third kappa shape index (κ3) is 4.24. The van der Waals surface area contributed by atoms with E-state index in [1.807, 2.05) is 24.3 Å². The fraction of sp³-hybridized carbons (Fsp3) is 0.400. The topological polar surface area (TPSA) is 35.5 Å². The lowest BCUT2D eigenvalue weighted by atomic mass is 10.1. The van der Waals surface area contributed by atoms with Gasteiger partial charge in [0.2, 0.25) is 6.29 Å². The number of hydrogen-bond donors (Lipinski definition) is 0. The van der Waals surface area contributed by atoms with Crippen molar-refractivity contribution in [1.82, 2.24) is 0 Å². The molecule has 0 saturated heterocycles. The Hall–Kier alpha value is -1.77. The molecule has 1 unspecified atom stereocenters. The summed E-state index contributed by atoms with van der Waals surface area (Å²) in [6.07, 6.45) is 1.37. The number of ether oxygens (including phenoxy) is 2. The lowest BCUT2D eigenvalue weighted by Crippen LogP contribution is -2.21. The number of carbonyl (C=O) groups excluding carboxylic acids is 1. The summed E-state index contributed by atoms with van der Waals surface area (Å²) in [5.41, 5.74) is 1.49. The molecule has 0 aliphatic heterocycles. The van der Waals surface area contributed by atoms with Gasteiger partial charge in [-0.25, -0.2) is 4.79 Å². The monoisotopic (exact) mass is 248 g/mol. The number of carbonyl (C=O) groups is 1. The Balaban J connectivity index is 2.66. The van der Waals surface area contributed by atoms with Gasteiger partial charge in [-0.15, -0.1) is 0 Å². The number of rotatable bonds is 6. The highest BCUT2D eigenvalue weighted by Crippen LogP contribution is 2.21. The number of esters is 1. The normalized spacial score (nSPS) is 11.7. The number of hydrogen-bond acceptors (Lipinski definition) is 3. The molecule has 0 heterocycles. The van der Waals surface area contributed by atoms with Gasteiger partial charge in [0, 0.05) is 12.5 Å². The summed E-state index contributed by atoms with van der Waals surface area (Å²) in [5, 5.41) is 0. The molecule has 1 aromatic carbocycles. The van der Waals surface area contributed by atoms with Crippen LogP contribution < -0.4 is 4.74 Å². The molecule has 0 saturated carbocycles. The fourth-order valence-electron chi connectivity index (χ4n) is 1.55. The van der Waals surface area contributed by atoms with E-state index in [9.17, 15) is 4.79 Å². The summed E-state index contributed by atoms with van der Waals surface area (Å²) in [6, 6.07) is 7.78. The van der Waals surface area contributed by atoms with E-state index < -0.39 is 12.3 Å². The van der Waals surface area contributed by atoms with Gasteiger partial charge in [-0.3, -0.25) is 0 Å². The van der Waals surface area contributed by atoms with Crippen LogP contribution in [0.4, 0.5) is 0 Å². The van der Waals surface area contributed by atoms with Crippen LogP contribution in [0.2, 0.25) is 0 Å². The fourth-order valence-corrected chi connectivity index (χ4v) is 1.55. The van der Waals surface area contributed by atoms with Crippen molar-refractivity contribution in [3.63, 3.8) is 0 Å². The maximum atomic E-state index is 11.4. The van der Waals surface area contributed by atoms with Gasteiger partial charge >= 0.3 is 5.97 Å². The Labute approximate surface area is 108 Å². The molecule has 0 aliphatic carbocycles. The Bertz CT molecular complexity index is 424. The minimum absolute atomic E-state index is 0.368. The standard InChI is InChI=1S/C15H20O3/c1-5-8-13-9-6-7-10-14(13)17-12(4)18-15(16)11(2)3/h6-7,9-10,12H,2,5,8H2,1,3-4H3. The SMILES string of the molecule is C=C(C)C(=O)OC(C)Oc1ccccc1CCC. The maximum Gasteiger partial charge on any atom is 0.336 e. The Morgan fingerprint density at radius 2 is 2.06 bits per heavy atom. The van der Waals surface area contributed by atoms with Gasteiger partial charge < -0.3 is 9.47 Å². The first-order valence-corrected chi connectivity index (χ1v) is 6.15.